The van der Waals surface area contributed by atoms with Gasteiger partial charge in [0.05, 0.1) is 0 Å². The number of rotatable bonds is 2. The van der Waals surface area contributed by atoms with Crippen LogP contribution in [0.1, 0.15) is 13.8 Å². The Balaban J connectivity index is 0. The largest absolute Gasteiger partial charge is 0.435 e. The van der Waals surface area contributed by atoms with Crippen molar-refractivity contribution in [3.63, 3.8) is 0 Å². The average Bonchev–Trinajstić information content (AvgIpc) is 1.63. The number of halogens is 1. The molecular weight excluding hydrogens is 163 g/mol. The SMILES string of the molecule is CCOCC.O=S(=O)(O)F. The van der Waals surface area contributed by atoms with Crippen molar-refractivity contribution in [2.75, 3.05) is 13.2 Å². The fraction of sp³-hybridized carbons (Fsp3) is 1.00. The van der Waals surface area contributed by atoms with Gasteiger partial charge in [0.1, 0.15) is 0 Å². The van der Waals surface area contributed by atoms with Crippen molar-refractivity contribution in [3.8, 4) is 0 Å². The Morgan fingerprint density at radius 1 is 1.40 bits per heavy atom. The maximum atomic E-state index is 10.2. The van der Waals surface area contributed by atoms with Gasteiger partial charge in [-0.15, -0.1) is 0 Å². The van der Waals surface area contributed by atoms with Gasteiger partial charge in [0, 0.05) is 13.2 Å². The van der Waals surface area contributed by atoms with Crippen molar-refractivity contribution in [1.82, 2.24) is 0 Å². The number of ether oxygens (including phenoxy) is 1. The van der Waals surface area contributed by atoms with Crippen molar-refractivity contribution in [3.05, 3.63) is 0 Å². The molecule has 0 aliphatic rings. The Morgan fingerprint density at radius 2 is 1.60 bits per heavy atom. The van der Waals surface area contributed by atoms with Crippen LogP contribution in [0.25, 0.3) is 0 Å². The summed E-state index contributed by atoms with van der Waals surface area (Å²) >= 11 is 0. The molecule has 0 heterocycles. The lowest BCUT2D eigenvalue weighted by Gasteiger charge is -1.86. The van der Waals surface area contributed by atoms with Crippen LogP contribution in [-0.2, 0) is 15.2 Å². The second-order valence-electron chi connectivity index (χ2n) is 1.19. The van der Waals surface area contributed by atoms with Crippen LogP contribution in [0, 0.1) is 0 Å². The zero-order valence-electron chi connectivity index (χ0n) is 5.87. The summed E-state index contributed by atoms with van der Waals surface area (Å²) in [5.74, 6) is 0. The molecule has 0 spiro atoms. The van der Waals surface area contributed by atoms with E-state index in [1.165, 1.54) is 0 Å². The molecule has 0 fully saturated rings. The Morgan fingerprint density at radius 3 is 1.60 bits per heavy atom. The quantitative estimate of drug-likeness (QED) is 0.497. The van der Waals surface area contributed by atoms with E-state index in [9.17, 15) is 3.89 Å². The Hall–Kier alpha value is -0.200. The molecule has 64 valence electrons. The maximum absolute atomic E-state index is 10.2. The standard InChI is InChI=1S/C4H10O.FHO3S/c1-3-5-4-2;1-5(2,3)4/h3-4H2,1-2H3;(H,2,3,4). The van der Waals surface area contributed by atoms with Crippen LogP contribution in [-0.4, -0.2) is 26.2 Å². The third-order valence-electron chi connectivity index (χ3n) is 0.408. The van der Waals surface area contributed by atoms with Crippen molar-refractivity contribution >= 4 is 10.5 Å². The number of hydrogen-bond donors (Lipinski definition) is 1. The summed E-state index contributed by atoms with van der Waals surface area (Å²) in [6, 6.07) is 0. The Kier molecular flexibility index (Phi) is 8.62. The molecule has 0 saturated heterocycles. The van der Waals surface area contributed by atoms with Gasteiger partial charge in [0.15, 0.2) is 0 Å². The molecule has 0 aromatic heterocycles. The highest BCUT2D eigenvalue weighted by Crippen LogP contribution is 1.74. The molecule has 0 aliphatic carbocycles. The van der Waals surface area contributed by atoms with Crippen LogP contribution in [0.2, 0.25) is 0 Å². The van der Waals surface area contributed by atoms with Crippen molar-refractivity contribution in [1.29, 1.82) is 0 Å². The molecule has 0 bridgehead atoms. The summed E-state index contributed by atoms with van der Waals surface area (Å²) in [4.78, 5) is 0. The lowest BCUT2D eigenvalue weighted by molar-refractivity contribution is 0.162. The first kappa shape index (κ1) is 12.5. The normalized spacial score (nSPS) is 10.0. The zero-order valence-corrected chi connectivity index (χ0v) is 6.69. The predicted molar refractivity (Wildman–Crippen MR) is 34.8 cm³/mol. The molecule has 0 atom stereocenters. The van der Waals surface area contributed by atoms with Gasteiger partial charge in [0.2, 0.25) is 0 Å². The first-order chi connectivity index (χ1) is 4.41. The van der Waals surface area contributed by atoms with Crippen LogP contribution in [0.4, 0.5) is 3.89 Å². The molecule has 0 aromatic carbocycles. The highest BCUT2D eigenvalue weighted by atomic mass is 32.3. The summed E-state index contributed by atoms with van der Waals surface area (Å²) in [6.07, 6.45) is 0. The van der Waals surface area contributed by atoms with Gasteiger partial charge in [-0.2, -0.15) is 8.42 Å². The molecule has 0 rings (SSSR count). The minimum Gasteiger partial charge on any atom is -0.382 e. The molecule has 0 aromatic rings. The van der Waals surface area contributed by atoms with Gasteiger partial charge in [-0.05, 0) is 13.8 Å². The molecule has 0 radical (unpaired) electrons. The van der Waals surface area contributed by atoms with Gasteiger partial charge >= 0.3 is 10.5 Å². The monoisotopic (exact) mass is 174 g/mol. The first-order valence-electron chi connectivity index (χ1n) is 2.66. The van der Waals surface area contributed by atoms with E-state index < -0.39 is 10.5 Å². The Bertz CT molecular complexity index is 131. The molecule has 0 amide bonds. The molecule has 6 heteroatoms. The average molecular weight is 174 g/mol. The van der Waals surface area contributed by atoms with E-state index in [4.69, 9.17) is 17.7 Å². The van der Waals surface area contributed by atoms with E-state index in [0.717, 1.165) is 13.2 Å². The first-order valence-corrected chi connectivity index (χ1v) is 4.00. The van der Waals surface area contributed by atoms with Gasteiger partial charge < -0.3 is 4.74 Å². The summed E-state index contributed by atoms with van der Waals surface area (Å²) < 4.78 is 38.9. The van der Waals surface area contributed by atoms with E-state index in [1.54, 1.807) is 0 Å². The minimum atomic E-state index is -5.17. The lowest BCUT2D eigenvalue weighted by atomic mass is 10.8. The molecule has 0 aliphatic heterocycles. The summed E-state index contributed by atoms with van der Waals surface area (Å²) in [5.41, 5.74) is 0. The summed E-state index contributed by atoms with van der Waals surface area (Å²) in [6.45, 7) is 5.67. The molecule has 10 heavy (non-hydrogen) atoms. The van der Waals surface area contributed by atoms with Crippen LogP contribution in [0.15, 0.2) is 0 Å². The molecule has 0 saturated carbocycles. The van der Waals surface area contributed by atoms with Crippen LogP contribution >= 0.6 is 0 Å². The molecular formula is C4H11FO4S. The van der Waals surface area contributed by atoms with E-state index >= 15 is 0 Å². The van der Waals surface area contributed by atoms with Crippen molar-refractivity contribution < 1.29 is 21.6 Å². The second kappa shape index (κ2) is 6.91. The predicted octanol–water partition coefficient (Wildman–Crippen LogP) is 0.802. The highest BCUT2D eigenvalue weighted by molar-refractivity contribution is 7.80. The van der Waals surface area contributed by atoms with E-state index in [0.29, 0.717) is 0 Å². The summed E-state index contributed by atoms with van der Waals surface area (Å²) in [7, 11) is -5.17. The third-order valence-corrected chi connectivity index (χ3v) is 0.408. The van der Waals surface area contributed by atoms with Gasteiger partial charge in [0.25, 0.3) is 0 Å². The Labute approximate surface area is 60.0 Å². The van der Waals surface area contributed by atoms with Crippen LogP contribution in [0.3, 0.4) is 0 Å². The lowest BCUT2D eigenvalue weighted by Crippen LogP contribution is -1.84. The molecule has 4 nitrogen and oxygen atoms in total. The van der Waals surface area contributed by atoms with Crippen molar-refractivity contribution in [2.24, 2.45) is 0 Å². The maximum Gasteiger partial charge on any atom is 0.435 e. The second-order valence-corrected chi connectivity index (χ2v) is 2.02. The fourth-order valence-corrected chi connectivity index (χ4v) is 0.204. The van der Waals surface area contributed by atoms with E-state index in [-0.39, 0.29) is 0 Å². The van der Waals surface area contributed by atoms with E-state index in [2.05, 4.69) is 0 Å². The smallest absolute Gasteiger partial charge is 0.382 e. The topological polar surface area (TPSA) is 63.6 Å². The zero-order chi connectivity index (χ0) is 8.62. The summed E-state index contributed by atoms with van der Waals surface area (Å²) in [5, 5.41) is 0. The van der Waals surface area contributed by atoms with Gasteiger partial charge in [-0.25, -0.2) is 0 Å². The number of hydrogen-bond acceptors (Lipinski definition) is 3. The molecule has 0 unspecified atom stereocenters. The van der Waals surface area contributed by atoms with Gasteiger partial charge in [-0.1, -0.05) is 3.89 Å². The van der Waals surface area contributed by atoms with Crippen LogP contribution in [0.5, 0.6) is 0 Å². The van der Waals surface area contributed by atoms with E-state index in [1.807, 2.05) is 13.8 Å². The van der Waals surface area contributed by atoms with Crippen LogP contribution < -0.4 is 0 Å². The van der Waals surface area contributed by atoms with Gasteiger partial charge in [-0.3, -0.25) is 4.55 Å². The molecule has 1 N–H and O–H groups in total. The minimum absolute atomic E-state index is 0.844. The highest BCUT2D eigenvalue weighted by Gasteiger charge is 1.89. The third kappa shape index (κ3) is 111. The fourth-order valence-electron chi connectivity index (χ4n) is 0.204. The van der Waals surface area contributed by atoms with Crippen molar-refractivity contribution in [2.45, 2.75) is 13.8 Å².